The lowest BCUT2D eigenvalue weighted by molar-refractivity contribution is -0.124. The SMILES string of the molecule is O=C1NC(=O)C(CN2Cc3ccc(O)cc3C2=O)(c2ccc(-c3cccc4cccnc34)cc2)N1. The molecule has 0 saturated carbocycles. The van der Waals surface area contributed by atoms with Gasteiger partial charge in [0.1, 0.15) is 5.75 Å². The van der Waals surface area contributed by atoms with E-state index in [0.717, 1.165) is 27.6 Å². The molecule has 3 aromatic carbocycles. The molecule has 1 atom stereocenters. The van der Waals surface area contributed by atoms with Gasteiger partial charge in [-0.25, -0.2) is 4.79 Å². The fraction of sp³-hybridized carbons (Fsp3) is 0.111. The number of phenolic OH excluding ortho intramolecular Hbond substituents is 1. The molecule has 2 aliphatic heterocycles. The first-order valence-electron chi connectivity index (χ1n) is 11.1. The second-order valence-electron chi connectivity index (χ2n) is 8.77. The zero-order valence-electron chi connectivity index (χ0n) is 18.5. The van der Waals surface area contributed by atoms with Crippen molar-refractivity contribution in [1.82, 2.24) is 20.5 Å². The van der Waals surface area contributed by atoms with Gasteiger partial charge in [-0.15, -0.1) is 0 Å². The molecule has 1 saturated heterocycles. The lowest BCUT2D eigenvalue weighted by atomic mass is 9.87. The Morgan fingerprint density at radius 3 is 2.51 bits per heavy atom. The number of amides is 4. The number of hydrogen-bond acceptors (Lipinski definition) is 5. The number of phenols is 1. The number of aromatic hydroxyl groups is 1. The van der Waals surface area contributed by atoms with E-state index >= 15 is 0 Å². The first-order chi connectivity index (χ1) is 16.9. The van der Waals surface area contributed by atoms with E-state index in [4.69, 9.17) is 0 Å². The van der Waals surface area contributed by atoms with Crippen LogP contribution in [0.1, 0.15) is 21.5 Å². The van der Waals surface area contributed by atoms with Crippen LogP contribution in [0.4, 0.5) is 4.79 Å². The van der Waals surface area contributed by atoms with E-state index in [-0.39, 0.29) is 24.7 Å². The van der Waals surface area contributed by atoms with Gasteiger partial charge in [-0.2, -0.15) is 0 Å². The fourth-order valence-electron chi connectivity index (χ4n) is 4.93. The Hall–Kier alpha value is -4.72. The summed E-state index contributed by atoms with van der Waals surface area (Å²) in [7, 11) is 0. The predicted octanol–water partition coefficient (Wildman–Crippen LogP) is 3.30. The van der Waals surface area contributed by atoms with Gasteiger partial charge in [-0.3, -0.25) is 19.9 Å². The number of rotatable bonds is 4. The molecular weight excluding hydrogens is 444 g/mol. The Labute approximate surface area is 200 Å². The number of hydrogen-bond donors (Lipinski definition) is 3. The Bertz CT molecular complexity index is 1530. The van der Waals surface area contributed by atoms with Gasteiger partial charge in [0.25, 0.3) is 11.8 Å². The van der Waals surface area contributed by atoms with Crippen molar-refractivity contribution in [3.05, 3.63) is 95.7 Å². The fourth-order valence-corrected chi connectivity index (χ4v) is 4.93. The van der Waals surface area contributed by atoms with Crippen molar-refractivity contribution in [3.63, 3.8) is 0 Å². The van der Waals surface area contributed by atoms with Crippen LogP contribution in [0.25, 0.3) is 22.0 Å². The molecule has 6 rings (SSSR count). The average molecular weight is 464 g/mol. The molecular formula is C27H20N4O4. The molecule has 0 radical (unpaired) electrons. The summed E-state index contributed by atoms with van der Waals surface area (Å²) in [4.78, 5) is 44.3. The van der Waals surface area contributed by atoms with Gasteiger partial charge in [-0.05, 0) is 34.9 Å². The highest BCUT2D eigenvalue weighted by Crippen LogP contribution is 2.34. The lowest BCUT2D eigenvalue weighted by Crippen LogP contribution is -2.52. The summed E-state index contributed by atoms with van der Waals surface area (Å²) in [5.74, 6) is -0.824. The number of aromatic nitrogens is 1. The summed E-state index contributed by atoms with van der Waals surface area (Å²) < 4.78 is 0. The van der Waals surface area contributed by atoms with Crippen LogP contribution in [0.5, 0.6) is 5.75 Å². The van der Waals surface area contributed by atoms with Crippen molar-refractivity contribution in [2.75, 3.05) is 6.54 Å². The van der Waals surface area contributed by atoms with Gasteiger partial charge in [-0.1, -0.05) is 54.6 Å². The maximum atomic E-state index is 13.1. The number of nitrogens with zero attached hydrogens (tertiary/aromatic N) is 2. The molecule has 0 spiro atoms. The summed E-state index contributed by atoms with van der Waals surface area (Å²) in [6, 6.07) is 21.2. The summed E-state index contributed by atoms with van der Waals surface area (Å²) in [5.41, 5.74) is 3.01. The van der Waals surface area contributed by atoms with Crippen LogP contribution in [0.3, 0.4) is 0 Å². The standard InChI is InChI=1S/C27H20N4O4/c32-20-11-8-18-14-31(24(33)22(18)13-20)15-27(25(34)29-26(35)30-27)19-9-6-16(7-10-19)21-5-1-3-17-4-2-12-28-23(17)21/h1-13,32H,14-15H2,(H2,29,30,34,35). The van der Waals surface area contributed by atoms with Crippen LogP contribution < -0.4 is 10.6 Å². The van der Waals surface area contributed by atoms with E-state index < -0.39 is 17.5 Å². The van der Waals surface area contributed by atoms with E-state index in [1.54, 1.807) is 24.4 Å². The second kappa shape index (κ2) is 7.66. The maximum absolute atomic E-state index is 13.1. The van der Waals surface area contributed by atoms with E-state index in [1.165, 1.54) is 17.0 Å². The number of urea groups is 1. The maximum Gasteiger partial charge on any atom is 0.322 e. The first-order valence-corrected chi connectivity index (χ1v) is 11.1. The Kier molecular flexibility index (Phi) is 4.57. The molecule has 4 amide bonds. The zero-order chi connectivity index (χ0) is 24.2. The third-order valence-corrected chi connectivity index (χ3v) is 6.66. The minimum atomic E-state index is -1.44. The summed E-state index contributed by atoms with van der Waals surface area (Å²) in [6.07, 6.45) is 1.75. The molecule has 2 aliphatic rings. The van der Waals surface area contributed by atoms with Crippen molar-refractivity contribution in [2.45, 2.75) is 12.1 Å². The number of carbonyl (C=O) groups is 3. The van der Waals surface area contributed by atoms with Crippen molar-refractivity contribution in [3.8, 4) is 16.9 Å². The van der Waals surface area contributed by atoms with Crippen LogP contribution >= 0.6 is 0 Å². The van der Waals surface area contributed by atoms with Gasteiger partial charge in [0.2, 0.25) is 0 Å². The van der Waals surface area contributed by atoms with Crippen molar-refractivity contribution in [2.24, 2.45) is 0 Å². The van der Waals surface area contributed by atoms with E-state index in [1.807, 2.05) is 42.5 Å². The van der Waals surface area contributed by atoms with E-state index in [0.29, 0.717) is 11.1 Å². The van der Waals surface area contributed by atoms with E-state index in [9.17, 15) is 19.5 Å². The smallest absolute Gasteiger partial charge is 0.322 e. The third-order valence-electron chi connectivity index (χ3n) is 6.66. The molecule has 35 heavy (non-hydrogen) atoms. The highest BCUT2D eigenvalue weighted by Gasteiger charge is 2.50. The Morgan fingerprint density at radius 1 is 0.943 bits per heavy atom. The lowest BCUT2D eigenvalue weighted by Gasteiger charge is -2.31. The van der Waals surface area contributed by atoms with Gasteiger partial charge < -0.3 is 15.3 Å². The molecule has 8 nitrogen and oxygen atoms in total. The second-order valence-corrected chi connectivity index (χ2v) is 8.77. The Morgan fingerprint density at radius 2 is 1.74 bits per heavy atom. The average Bonchev–Trinajstić information content (AvgIpc) is 3.33. The first kappa shape index (κ1) is 20.9. The van der Waals surface area contributed by atoms with Crippen LogP contribution in [0.15, 0.2) is 79.0 Å². The zero-order valence-corrected chi connectivity index (χ0v) is 18.5. The third kappa shape index (κ3) is 3.30. The van der Waals surface area contributed by atoms with Crippen molar-refractivity contribution in [1.29, 1.82) is 0 Å². The number of imide groups is 1. The minimum Gasteiger partial charge on any atom is -0.508 e. The van der Waals surface area contributed by atoms with Crippen LogP contribution in [0, 0.1) is 0 Å². The Balaban J connectivity index is 1.37. The minimum absolute atomic E-state index is 0.000843. The molecule has 4 aromatic rings. The normalized spacial score (nSPS) is 19.1. The number of nitrogens with one attached hydrogen (secondary N) is 2. The molecule has 0 aliphatic carbocycles. The highest BCUT2D eigenvalue weighted by atomic mass is 16.3. The highest BCUT2D eigenvalue weighted by molar-refractivity contribution is 6.08. The van der Waals surface area contributed by atoms with Crippen LogP contribution in [-0.2, 0) is 16.9 Å². The van der Waals surface area contributed by atoms with Gasteiger partial charge in [0.05, 0.1) is 12.1 Å². The number of carbonyl (C=O) groups excluding carboxylic acids is 3. The number of fused-ring (bicyclic) bond motifs is 2. The van der Waals surface area contributed by atoms with Crippen LogP contribution in [0.2, 0.25) is 0 Å². The number of pyridine rings is 1. The van der Waals surface area contributed by atoms with Crippen molar-refractivity contribution < 1.29 is 19.5 Å². The summed E-state index contributed by atoms with van der Waals surface area (Å²) >= 11 is 0. The summed E-state index contributed by atoms with van der Waals surface area (Å²) in [5, 5.41) is 15.9. The molecule has 1 unspecified atom stereocenters. The van der Waals surface area contributed by atoms with E-state index in [2.05, 4.69) is 15.6 Å². The molecule has 3 heterocycles. The summed E-state index contributed by atoms with van der Waals surface area (Å²) in [6.45, 7) is 0.229. The molecule has 3 N–H and O–H groups in total. The molecule has 172 valence electrons. The van der Waals surface area contributed by atoms with Crippen molar-refractivity contribution >= 4 is 28.7 Å². The number of para-hydroxylation sites is 1. The van der Waals surface area contributed by atoms with Gasteiger partial charge in [0, 0.05) is 29.3 Å². The molecule has 8 heteroatoms. The molecule has 0 bridgehead atoms. The topological polar surface area (TPSA) is 112 Å². The molecule has 1 fully saturated rings. The predicted molar refractivity (Wildman–Crippen MR) is 128 cm³/mol. The van der Waals surface area contributed by atoms with Gasteiger partial charge in [0.15, 0.2) is 5.54 Å². The number of benzene rings is 3. The largest absolute Gasteiger partial charge is 0.508 e. The molecule has 1 aromatic heterocycles. The van der Waals surface area contributed by atoms with Crippen LogP contribution in [-0.4, -0.2) is 39.4 Å². The quantitative estimate of drug-likeness (QED) is 0.401. The van der Waals surface area contributed by atoms with Gasteiger partial charge >= 0.3 is 6.03 Å². The monoisotopic (exact) mass is 464 g/mol.